The Bertz CT molecular complexity index is 1460. The van der Waals surface area contributed by atoms with Gasteiger partial charge in [-0.3, -0.25) is 29.4 Å². The summed E-state index contributed by atoms with van der Waals surface area (Å²) in [7, 11) is -42.2. The minimum atomic E-state index is -5.48. The van der Waals surface area contributed by atoms with Crippen molar-refractivity contribution in [1.29, 1.82) is 0 Å². The number of hydrogen-bond donors (Lipinski definition) is 16. The molecule has 48 heteroatoms. The number of rotatable bonds is 31. The van der Waals surface area contributed by atoms with Crippen molar-refractivity contribution in [3.05, 3.63) is 0 Å². The second-order valence-corrected chi connectivity index (χ2v) is 24.8. The summed E-state index contributed by atoms with van der Waals surface area (Å²) in [5, 5.41) is 0. The van der Waals surface area contributed by atoms with Gasteiger partial charge in [-0.2, -0.15) is 0 Å². The van der Waals surface area contributed by atoms with Crippen molar-refractivity contribution < 1.29 is 115 Å². The van der Waals surface area contributed by atoms with Crippen LogP contribution in [0.3, 0.4) is 0 Å². The molecular formula is C18H82N16O24P8. The largest absolute Gasteiger partial charge is 0.810 e. The van der Waals surface area contributed by atoms with Gasteiger partial charge < -0.3 is 176 Å². The molecule has 0 saturated carbocycles. The maximum absolute atomic E-state index is 11.8. The second kappa shape index (κ2) is 38.2. The first-order chi connectivity index (χ1) is 24.7. The van der Waals surface area contributed by atoms with Crippen LogP contribution in [-0.2, 0) is 36.5 Å². The van der Waals surface area contributed by atoms with E-state index in [0.717, 1.165) is 19.6 Å². The molecule has 40 nitrogen and oxygen atoms in total. The molecule has 0 amide bonds. The van der Waals surface area contributed by atoms with Gasteiger partial charge in [-0.05, 0) is 0 Å². The molecule has 0 aromatic heterocycles. The normalized spacial score (nSPS) is 16.9. The lowest BCUT2D eigenvalue weighted by Crippen LogP contribution is -2.46. The van der Waals surface area contributed by atoms with Crippen molar-refractivity contribution in [2.24, 2.45) is 0 Å². The van der Waals surface area contributed by atoms with E-state index in [1.807, 2.05) is 0 Å². The van der Waals surface area contributed by atoms with E-state index in [1.54, 1.807) is 0 Å². The molecule has 0 heterocycles. The Morgan fingerprint density at radius 2 is 0.333 bits per heavy atom. The first kappa shape index (κ1) is 92.7. The van der Waals surface area contributed by atoms with Crippen LogP contribution in [0.2, 0.25) is 0 Å². The summed E-state index contributed by atoms with van der Waals surface area (Å²) in [5.41, 5.74) is 0. The quantitative estimate of drug-likeness (QED) is 0.0287. The van der Waals surface area contributed by atoms with Crippen molar-refractivity contribution in [2.45, 2.75) is 0 Å². The molecule has 0 rings (SSSR count). The van der Waals surface area contributed by atoms with Crippen molar-refractivity contribution in [1.82, 2.24) is 90.9 Å². The van der Waals surface area contributed by atoms with E-state index in [9.17, 15) is 105 Å². The molecule has 46 N–H and O–H groups in total. The molecule has 0 aliphatic rings. The van der Waals surface area contributed by atoms with E-state index in [-0.39, 0.29) is 61.5 Å². The fourth-order valence-corrected chi connectivity index (χ4v) is 11.2. The Morgan fingerprint density at radius 1 is 0.227 bits per heavy atom. The van der Waals surface area contributed by atoms with E-state index in [2.05, 4.69) is 0 Å². The molecule has 0 aromatic carbocycles. The van der Waals surface area contributed by atoms with Gasteiger partial charge in [0.15, 0.2) is 0 Å². The van der Waals surface area contributed by atoms with Crippen molar-refractivity contribution in [3.8, 4) is 0 Å². The molecule has 0 fully saturated rings. The topological polar surface area (TPSA) is 873 Å². The molecule has 0 radical (unpaired) electrons. The van der Waals surface area contributed by atoms with E-state index < -0.39 is 177 Å². The van der Waals surface area contributed by atoms with E-state index >= 15 is 0 Å². The van der Waals surface area contributed by atoms with Crippen molar-refractivity contribution >= 4 is 60.8 Å². The highest BCUT2D eigenvalue weighted by Gasteiger charge is 2.23. The van der Waals surface area contributed by atoms with E-state index in [1.165, 1.54) is 0 Å². The summed E-state index contributed by atoms with van der Waals surface area (Å²) in [6.45, 7) is -6.30. The maximum Gasteiger partial charge on any atom is 0.146 e. The summed E-state index contributed by atoms with van der Waals surface area (Å²) in [6.07, 6.45) is -10.5. The monoisotopic (exact) mass is 1150 g/mol. The molecule has 0 aromatic rings. The minimum Gasteiger partial charge on any atom is -0.810 e. The van der Waals surface area contributed by atoms with Crippen LogP contribution in [0.15, 0.2) is 0 Å². The zero-order valence-electron chi connectivity index (χ0n) is 39.0. The number of hydrogen-bond acceptors (Lipinski definition) is 24. The Labute approximate surface area is 381 Å². The number of quaternary nitrogens is 10. The summed E-state index contributed by atoms with van der Waals surface area (Å²) in [5.74, 6) is 0. The van der Waals surface area contributed by atoms with E-state index in [4.69, 9.17) is 9.79 Å². The Morgan fingerprint density at radius 3 is 0.455 bits per heavy atom. The van der Waals surface area contributed by atoms with Gasteiger partial charge in [0.1, 0.15) is 45.6 Å². The Hall–Kier alpha value is 0.560. The van der Waals surface area contributed by atoms with Crippen LogP contribution in [0.1, 0.15) is 0 Å². The molecule has 0 spiro atoms. The summed E-state index contributed by atoms with van der Waals surface area (Å²) in [6, 6.07) is 0. The molecule has 418 valence electrons. The standard InChI is InChI=1S/C18H52N6O24P8.10H3N/c25-49(26,27)11-19(3-5-21(13-51(31,32)33)7-9-23(15-53(37,38)39)16-54(40,41)42)1-2-20(12-50(28,29)30)4-6-22(14-52(34,35)36)8-10-24(17-55(43,44)45)18-56(46,47)48;;;;;;;;;;/h1-18H2,(H2,25,26,27)(H2,28,29,30)(H2,31,32,33)(H2,34,35,36)(H2,37,38,39)(H2,40,41,42)(H2,43,44,45)(H2,46,47,48);10*1H3. The van der Waals surface area contributed by atoms with Gasteiger partial charge in [-0.15, -0.1) is 0 Å². The van der Waals surface area contributed by atoms with Crippen LogP contribution < -0.4 is 110 Å². The van der Waals surface area contributed by atoms with Crippen LogP contribution in [-0.4, -0.2) is 174 Å². The van der Waals surface area contributed by atoms with Gasteiger partial charge in [-0.25, -0.2) is 0 Å². The third-order valence-electron chi connectivity index (χ3n) is 6.68. The van der Waals surface area contributed by atoms with Gasteiger partial charge >= 0.3 is 0 Å². The lowest BCUT2D eigenvalue weighted by molar-refractivity contribution is -0.318. The zero-order chi connectivity index (χ0) is 44.2. The molecule has 0 aliphatic carbocycles. The highest BCUT2D eigenvalue weighted by atomic mass is 31.2. The van der Waals surface area contributed by atoms with E-state index in [0.29, 0.717) is 9.80 Å². The van der Waals surface area contributed by atoms with Crippen LogP contribution in [0.5, 0.6) is 0 Å². The summed E-state index contributed by atoms with van der Waals surface area (Å²) < 4.78 is 92.0. The fourth-order valence-electron chi connectivity index (χ4n) is 4.81. The highest BCUT2D eigenvalue weighted by Crippen LogP contribution is 2.37. The molecule has 6 atom stereocenters. The SMILES string of the molecule is O=P([O-])([O-])CN(CCN(CCN(CCN(CCN(CCN(CP(=O)([O-])O)CP(=O)([O-])O)CP(=O)([O-])O)CP(=O)([O-])O)CP(=O)([O-])O)CP(=O)([O-])O)CP(=O)([O-])[O-].[NH4+].[NH4+].[NH4+].[NH4+].[NH4+].[NH4+].[NH4+].[NH4+].[NH4+].[NH4+]. The third-order valence-corrected chi connectivity index (χ3v) is 12.7. The van der Waals surface area contributed by atoms with Crippen molar-refractivity contribution in [3.63, 3.8) is 0 Å². The molecule has 6 unspecified atom stereocenters. The number of nitrogens with zero attached hydrogens (tertiary/aromatic N) is 6. The maximum atomic E-state index is 11.8. The average molecular weight is 1150 g/mol. The Kier molecular flexibility index (Phi) is 53.7. The lowest BCUT2D eigenvalue weighted by Gasteiger charge is -2.42. The lowest BCUT2D eigenvalue weighted by atomic mass is 10.4. The van der Waals surface area contributed by atoms with Gasteiger partial charge in [0.2, 0.25) is 0 Å². The second-order valence-electron chi connectivity index (χ2n) is 12.4. The van der Waals surface area contributed by atoms with Crippen LogP contribution in [0.4, 0.5) is 0 Å². The molecule has 66 heavy (non-hydrogen) atoms. The van der Waals surface area contributed by atoms with Crippen molar-refractivity contribution in [2.75, 3.05) is 116 Å². The van der Waals surface area contributed by atoms with Crippen LogP contribution in [0, 0.1) is 0 Å². The summed E-state index contributed by atoms with van der Waals surface area (Å²) in [4.78, 5) is 175. The molecule has 0 saturated heterocycles. The first-order valence-corrected chi connectivity index (χ1v) is 29.2. The Balaban J connectivity index is -0.000000336. The predicted molar refractivity (Wildman–Crippen MR) is 233 cm³/mol. The smallest absolute Gasteiger partial charge is 0.146 e. The predicted octanol–water partition coefficient (Wildman–Crippen LogP) is -6.68. The van der Waals surface area contributed by atoms with Crippen LogP contribution in [0.25, 0.3) is 0 Å². The molecule has 0 aliphatic heterocycles. The van der Waals surface area contributed by atoms with Gasteiger partial charge in [0.25, 0.3) is 0 Å². The van der Waals surface area contributed by atoms with Gasteiger partial charge in [-0.1, -0.05) is 15.2 Å². The van der Waals surface area contributed by atoms with Gasteiger partial charge in [0.05, 0.1) is 37.7 Å². The fraction of sp³-hybridized carbons (Fsp3) is 1.00. The molecule has 0 bridgehead atoms. The first-order valence-electron chi connectivity index (χ1n) is 15.2. The molecular weight excluding hydrogens is 1070 g/mol. The van der Waals surface area contributed by atoms with Gasteiger partial charge in [0, 0.05) is 78.0 Å². The highest BCUT2D eigenvalue weighted by molar-refractivity contribution is 7.52. The van der Waals surface area contributed by atoms with Crippen LogP contribution >= 0.6 is 60.8 Å². The zero-order valence-corrected chi connectivity index (χ0v) is 46.2. The average Bonchev–Trinajstić information content (AvgIpc) is 2.87. The summed E-state index contributed by atoms with van der Waals surface area (Å²) >= 11 is 0. The minimum absolute atomic E-state index is 0. The third kappa shape index (κ3) is 60.7.